The first-order valence-corrected chi connectivity index (χ1v) is 5.26. The topological polar surface area (TPSA) is 23.5 Å². The number of piperidine rings is 1. The lowest BCUT2D eigenvalue weighted by Crippen LogP contribution is -2.34. The molecule has 0 spiro atoms. The van der Waals surface area contributed by atoms with Gasteiger partial charge in [-0.3, -0.25) is 4.39 Å². The molecule has 2 nitrogen and oxygen atoms in total. The summed E-state index contributed by atoms with van der Waals surface area (Å²) in [5.41, 5.74) is 0. The molecule has 78 valence electrons. The van der Waals surface area contributed by atoms with Crippen LogP contribution in [-0.4, -0.2) is 42.9 Å². The molecular formula is C10H20FNO. The fraction of sp³-hybridized carbons (Fsp3) is 1.00. The number of likely N-dealkylation sites (tertiary alicyclic amines) is 1. The Hall–Kier alpha value is -0.150. The molecule has 1 saturated heterocycles. The number of nitrogens with zero attached hydrogens (tertiary/aromatic N) is 1. The lowest BCUT2D eigenvalue weighted by molar-refractivity contribution is 0.159. The average molecular weight is 189 g/mol. The van der Waals surface area contributed by atoms with Gasteiger partial charge < -0.3 is 10.0 Å². The molecule has 0 aromatic rings. The van der Waals surface area contributed by atoms with E-state index in [4.69, 9.17) is 5.11 Å². The van der Waals surface area contributed by atoms with E-state index >= 15 is 0 Å². The zero-order chi connectivity index (χ0) is 9.52. The van der Waals surface area contributed by atoms with Crippen LogP contribution in [0.15, 0.2) is 0 Å². The van der Waals surface area contributed by atoms with Gasteiger partial charge in [0.25, 0.3) is 0 Å². The predicted octanol–water partition coefficient (Wildman–Crippen LogP) is 1.44. The third-order valence-electron chi connectivity index (χ3n) is 2.86. The SMILES string of the molecule is OCCCN1CCC(CCF)CC1. The third-order valence-corrected chi connectivity index (χ3v) is 2.86. The molecule has 0 radical (unpaired) electrons. The molecule has 1 heterocycles. The van der Waals surface area contributed by atoms with Crippen LogP contribution in [-0.2, 0) is 0 Å². The average Bonchev–Trinajstić information content (AvgIpc) is 2.17. The molecule has 1 rings (SSSR count). The maximum Gasteiger partial charge on any atom is 0.0897 e. The van der Waals surface area contributed by atoms with Gasteiger partial charge in [0, 0.05) is 13.2 Å². The van der Waals surface area contributed by atoms with Crippen LogP contribution in [0, 0.1) is 5.92 Å². The van der Waals surface area contributed by atoms with E-state index in [0.29, 0.717) is 5.92 Å². The number of halogens is 1. The quantitative estimate of drug-likeness (QED) is 0.707. The van der Waals surface area contributed by atoms with E-state index in [9.17, 15) is 4.39 Å². The van der Waals surface area contributed by atoms with Crippen molar-refractivity contribution in [1.82, 2.24) is 4.90 Å². The number of hydrogen-bond donors (Lipinski definition) is 1. The summed E-state index contributed by atoms with van der Waals surface area (Å²) in [7, 11) is 0. The smallest absolute Gasteiger partial charge is 0.0897 e. The van der Waals surface area contributed by atoms with Crippen molar-refractivity contribution >= 4 is 0 Å². The Kier molecular flexibility index (Phi) is 5.32. The van der Waals surface area contributed by atoms with E-state index in [2.05, 4.69) is 4.90 Å². The van der Waals surface area contributed by atoms with Gasteiger partial charge in [0.05, 0.1) is 6.67 Å². The highest BCUT2D eigenvalue weighted by molar-refractivity contribution is 4.71. The Morgan fingerprint density at radius 2 is 2.00 bits per heavy atom. The van der Waals surface area contributed by atoms with Crippen molar-refractivity contribution < 1.29 is 9.50 Å². The minimum atomic E-state index is -0.165. The molecule has 0 bridgehead atoms. The molecular weight excluding hydrogens is 169 g/mol. The lowest BCUT2D eigenvalue weighted by atomic mass is 9.94. The van der Waals surface area contributed by atoms with E-state index < -0.39 is 0 Å². The molecule has 3 heteroatoms. The van der Waals surface area contributed by atoms with Crippen molar-refractivity contribution in [3.05, 3.63) is 0 Å². The second-order valence-corrected chi connectivity index (χ2v) is 3.84. The van der Waals surface area contributed by atoms with Gasteiger partial charge in [0.15, 0.2) is 0 Å². The van der Waals surface area contributed by atoms with Gasteiger partial charge in [-0.2, -0.15) is 0 Å². The molecule has 0 atom stereocenters. The predicted molar refractivity (Wildman–Crippen MR) is 51.5 cm³/mol. The van der Waals surface area contributed by atoms with Crippen molar-refractivity contribution in [2.24, 2.45) is 5.92 Å². The second kappa shape index (κ2) is 6.33. The first-order valence-electron chi connectivity index (χ1n) is 5.26. The summed E-state index contributed by atoms with van der Waals surface area (Å²) in [5.74, 6) is 0.607. The third kappa shape index (κ3) is 4.05. The van der Waals surface area contributed by atoms with Gasteiger partial charge in [0.1, 0.15) is 0 Å². The van der Waals surface area contributed by atoms with Crippen LogP contribution in [0.5, 0.6) is 0 Å². The van der Waals surface area contributed by atoms with Crippen LogP contribution in [0.3, 0.4) is 0 Å². The molecule has 0 unspecified atom stereocenters. The molecule has 0 saturated carbocycles. The molecule has 0 amide bonds. The lowest BCUT2D eigenvalue weighted by Gasteiger charge is -2.31. The molecule has 1 aliphatic rings. The van der Waals surface area contributed by atoms with Crippen molar-refractivity contribution in [3.63, 3.8) is 0 Å². The zero-order valence-corrected chi connectivity index (χ0v) is 8.21. The molecule has 0 aliphatic carbocycles. The van der Waals surface area contributed by atoms with Crippen LogP contribution in [0.4, 0.5) is 4.39 Å². The van der Waals surface area contributed by atoms with Crippen LogP contribution in [0.25, 0.3) is 0 Å². The van der Waals surface area contributed by atoms with E-state index in [1.54, 1.807) is 0 Å². The summed E-state index contributed by atoms with van der Waals surface area (Å²) in [5, 5.41) is 8.66. The first-order chi connectivity index (χ1) is 6.36. The van der Waals surface area contributed by atoms with Gasteiger partial charge in [-0.1, -0.05) is 0 Å². The van der Waals surface area contributed by atoms with E-state index in [1.807, 2.05) is 0 Å². The molecule has 0 aromatic heterocycles. The Balaban J connectivity index is 2.08. The number of aliphatic hydroxyl groups is 1. The van der Waals surface area contributed by atoms with E-state index in [-0.39, 0.29) is 13.3 Å². The molecule has 1 fully saturated rings. The summed E-state index contributed by atoms with van der Waals surface area (Å²) in [6.07, 6.45) is 3.88. The summed E-state index contributed by atoms with van der Waals surface area (Å²) < 4.78 is 12.0. The standard InChI is InChI=1S/C10H20FNO/c11-5-2-10-3-7-12(8-4-10)6-1-9-13/h10,13H,1-9H2. The molecule has 13 heavy (non-hydrogen) atoms. The highest BCUT2D eigenvalue weighted by atomic mass is 19.1. The van der Waals surface area contributed by atoms with Crippen molar-refractivity contribution in [3.8, 4) is 0 Å². The minimum Gasteiger partial charge on any atom is -0.396 e. The molecule has 0 aromatic carbocycles. The molecule has 1 N–H and O–H groups in total. The summed E-state index contributed by atoms with van der Waals surface area (Å²) >= 11 is 0. The van der Waals surface area contributed by atoms with Gasteiger partial charge in [0.2, 0.25) is 0 Å². The Morgan fingerprint density at radius 3 is 2.54 bits per heavy atom. The Bertz CT molecular complexity index is 124. The normalized spacial score (nSPS) is 20.8. The Labute approximate surface area is 79.7 Å². The summed E-state index contributed by atoms with van der Waals surface area (Å²) in [4.78, 5) is 2.37. The van der Waals surface area contributed by atoms with E-state index in [1.165, 1.54) is 0 Å². The van der Waals surface area contributed by atoms with E-state index in [0.717, 1.165) is 45.3 Å². The maximum absolute atomic E-state index is 12.0. The van der Waals surface area contributed by atoms with Gasteiger partial charge >= 0.3 is 0 Å². The van der Waals surface area contributed by atoms with Crippen LogP contribution in [0.2, 0.25) is 0 Å². The fourth-order valence-corrected chi connectivity index (χ4v) is 1.95. The highest BCUT2D eigenvalue weighted by Crippen LogP contribution is 2.20. The number of alkyl halides is 1. The second-order valence-electron chi connectivity index (χ2n) is 3.84. The zero-order valence-electron chi connectivity index (χ0n) is 8.21. The van der Waals surface area contributed by atoms with Crippen LogP contribution < -0.4 is 0 Å². The maximum atomic E-state index is 12.0. The minimum absolute atomic E-state index is 0.165. The van der Waals surface area contributed by atoms with Crippen molar-refractivity contribution in [1.29, 1.82) is 0 Å². The van der Waals surface area contributed by atoms with Crippen LogP contribution >= 0.6 is 0 Å². The highest BCUT2D eigenvalue weighted by Gasteiger charge is 2.17. The molecule has 1 aliphatic heterocycles. The van der Waals surface area contributed by atoms with Gasteiger partial charge in [-0.15, -0.1) is 0 Å². The first kappa shape index (κ1) is 10.9. The van der Waals surface area contributed by atoms with Crippen LogP contribution in [0.1, 0.15) is 25.7 Å². The monoisotopic (exact) mass is 189 g/mol. The largest absolute Gasteiger partial charge is 0.396 e. The summed E-state index contributed by atoms with van der Waals surface area (Å²) in [6, 6.07) is 0. The van der Waals surface area contributed by atoms with Gasteiger partial charge in [-0.05, 0) is 44.7 Å². The number of aliphatic hydroxyl groups excluding tert-OH is 1. The van der Waals surface area contributed by atoms with Crippen molar-refractivity contribution in [2.45, 2.75) is 25.7 Å². The summed E-state index contributed by atoms with van der Waals surface area (Å²) in [6.45, 7) is 3.29. The number of hydrogen-bond acceptors (Lipinski definition) is 2. The Morgan fingerprint density at radius 1 is 1.31 bits per heavy atom. The fourth-order valence-electron chi connectivity index (χ4n) is 1.95. The number of rotatable bonds is 5. The van der Waals surface area contributed by atoms with Gasteiger partial charge in [-0.25, -0.2) is 0 Å². The van der Waals surface area contributed by atoms with Crippen molar-refractivity contribution in [2.75, 3.05) is 32.9 Å².